The number of aromatic nitrogens is 1. The molecule has 0 radical (unpaired) electrons. The number of nitrogens with one attached hydrogen (secondary N) is 2. The first kappa shape index (κ1) is 18.0. The highest BCUT2D eigenvalue weighted by molar-refractivity contribution is 7.14. The Hall–Kier alpha value is -2.37. The van der Waals surface area contributed by atoms with Gasteiger partial charge in [0.2, 0.25) is 5.91 Å². The molecule has 138 valence electrons. The second-order valence-electron chi connectivity index (χ2n) is 6.72. The zero-order valence-corrected chi connectivity index (χ0v) is 16.3. The number of carbonyl (C=O) groups excluding carboxylic acids is 1. The van der Waals surface area contributed by atoms with Crippen LogP contribution in [0.3, 0.4) is 0 Å². The van der Waals surface area contributed by atoms with Crippen LogP contribution < -0.4 is 10.6 Å². The third-order valence-electron chi connectivity index (χ3n) is 4.73. The van der Waals surface area contributed by atoms with Gasteiger partial charge in [0.15, 0.2) is 5.13 Å². The zero-order chi connectivity index (χ0) is 18.6. The molecule has 1 fully saturated rings. The van der Waals surface area contributed by atoms with Gasteiger partial charge in [-0.15, -0.1) is 11.3 Å². The molecule has 2 aromatic carbocycles. The average molecular weight is 398 g/mol. The summed E-state index contributed by atoms with van der Waals surface area (Å²) in [4.78, 5) is 17.0. The van der Waals surface area contributed by atoms with Gasteiger partial charge in [-0.3, -0.25) is 4.79 Å². The normalized spacial score (nSPS) is 14.3. The van der Waals surface area contributed by atoms with Crippen LogP contribution in [0.25, 0.3) is 11.3 Å². The van der Waals surface area contributed by atoms with Crippen LogP contribution >= 0.6 is 22.9 Å². The van der Waals surface area contributed by atoms with Gasteiger partial charge >= 0.3 is 0 Å². The first-order valence-corrected chi connectivity index (χ1v) is 10.3. The minimum Gasteiger partial charge on any atom is -0.331 e. The Morgan fingerprint density at radius 3 is 2.67 bits per heavy atom. The van der Waals surface area contributed by atoms with E-state index in [0.717, 1.165) is 53.4 Å². The van der Waals surface area contributed by atoms with Gasteiger partial charge in [0.1, 0.15) is 0 Å². The van der Waals surface area contributed by atoms with Gasteiger partial charge < -0.3 is 10.6 Å². The molecule has 1 amide bonds. The van der Waals surface area contributed by atoms with Crippen molar-refractivity contribution >= 4 is 45.4 Å². The maximum Gasteiger partial charge on any atom is 0.227 e. The molecule has 4 nitrogen and oxygen atoms in total. The molecule has 1 aliphatic rings. The van der Waals surface area contributed by atoms with Crippen molar-refractivity contribution in [2.24, 2.45) is 5.92 Å². The van der Waals surface area contributed by atoms with Crippen LogP contribution in [0.15, 0.2) is 53.9 Å². The van der Waals surface area contributed by atoms with E-state index in [2.05, 4.69) is 15.6 Å². The molecular weight excluding hydrogens is 378 g/mol. The van der Waals surface area contributed by atoms with Crippen molar-refractivity contribution in [1.29, 1.82) is 0 Å². The Morgan fingerprint density at radius 2 is 1.85 bits per heavy atom. The number of amides is 1. The summed E-state index contributed by atoms with van der Waals surface area (Å²) < 4.78 is 0. The number of halogens is 1. The third kappa shape index (κ3) is 4.49. The van der Waals surface area contributed by atoms with E-state index in [0.29, 0.717) is 5.02 Å². The van der Waals surface area contributed by atoms with Crippen LogP contribution in [-0.2, 0) is 4.79 Å². The second kappa shape index (κ2) is 8.11. The van der Waals surface area contributed by atoms with E-state index >= 15 is 0 Å². The predicted octanol–water partition coefficient (Wildman–Crippen LogP) is 6.34. The largest absolute Gasteiger partial charge is 0.331 e. The molecule has 1 heterocycles. The molecule has 3 aromatic rings. The molecule has 0 aliphatic heterocycles. The highest BCUT2D eigenvalue weighted by atomic mass is 35.5. The molecular formula is C21H20ClN3OS. The van der Waals surface area contributed by atoms with Gasteiger partial charge in [-0.05, 0) is 43.2 Å². The zero-order valence-electron chi connectivity index (χ0n) is 14.7. The van der Waals surface area contributed by atoms with Gasteiger partial charge in [-0.1, -0.05) is 42.6 Å². The Balaban J connectivity index is 1.47. The highest BCUT2D eigenvalue weighted by Gasteiger charge is 2.22. The highest BCUT2D eigenvalue weighted by Crippen LogP contribution is 2.30. The van der Waals surface area contributed by atoms with Crippen LogP contribution in [-0.4, -0.2) is 10.9 Å². The summed E-state index contributed by atoms with van der Waals surface area (Å²) >= 11 is 7.56. The van der Waals surface area contributed by atoms with E-state index in [1.165, 1.54) is 11.3 Å². The fourth-order valence-electron chi connectivity index (χ4n) is 3.34. The van der Waals surface area contributed by atoms with Crippen LogP contribution in [0.4, 0.5) is 16.5 Å². The van der Waals surface area contributed by atoms with Crippen molar-refractivity contribution in [2.75, 3.05) is 10.6 Å². The van der Waals surface area contributed by atoms with Gasteiger partial charge in [-0.25, -0.2) is 4.98 Å². The molecule has 27 heavy (non-hydrogen) atoms. The fourth-order valence-corrected chi connectivity index (χ4v) is 4.27. The first-order chi connectivity index (χ1) is 13.2. The second-order valence-corrected chi connectivity index (χ2v) is 8.02. The van der Waals surface area contributed by atoms with Crippen LogP contribution in [0.2, 0.25) is 5.02 Å². The van der Waals surface area contributed by atoms with Crippen LogP contribution in [0, 0.1) is 5.92 Å². The van der Waals surface area contributed by atoms with Crippen molar-refractivity contribution in [1.82, 2.24) is 4.98 Å². The number of benzene rings is 2. The first-order valence-electron chi connectivity index (χ1n) is 9.07. The number of rotatable bonds is 5. The molecule has 1 saturated carbocycles. The summed E-state index contributed by atoms with van der Waals surface area (Å²) in [5, 5.41) is 9.81. The summed E-state index contributed by atoms with van der Waals surface area (Å²) in [5.41, 5.74) is 3.58. The van der Waals surface area contributed by atoms with Crippen LogP contribution in [0.5, 0.6) is 0 Å². The summed E-state index contributed by atoms with van der Waals surface area (Å²) in [7, 11) is 0. The van der Waals surface area contributed by atoms with E-state index in [1.807, 2.05) is 53.9 Å². The standard InChI is InChI=1S/C21H20ClN3OS/c22-16-8-4-10-18(12-16)24-21-25-19(13-27-21)15-7-3-9-17(11-15)23-20(26)14-5-1-2-6-14/h3-4,7-14H,1-2,5-6H2,(H,23,26)(H,24,25). The number of hydrogen-bond acceptors (Lipinski definition) is 4. The van der Waals surface area contributed by atoms with E-state index in [4.69, 9.17) is 11.6 Å². The molecule has 2 N–H and O–H groups in total. The van der Waals surface area contributed by atoms with E-state index in [1.54, 1.807) is 0 Å². The maximum atomic E-state index is 12.4. The third-order valence-corrected chi connectivity index (χ3v) is 5.72. The number of hydrogen-bond donors (Lipinski definition) is 2. The van der Waals surface area contributed by atoms with Crippen LogP contribution in [0.1, 0.15) is 25.7 Å². The van der Waals surface area contributed by atoms with Gasteiger partial charge in [0.25, 0.3) is 0 Å². The molecule has 1 aliphatic carbocycles. The summed E-state index contributed by atoms with van der Waals surface area (Å²) in [6.45, 7) is 0. The molecule has 0 spiro atoms. The lowest BCUT2D eigenvalue weighted by atomic mass is 10.1. The Morgan fingerprint density at radius 1 is 1.07 bits per heavy atom. The fraction of sp³-hybridized carbons (Fsp3) is 0.238. The SMILES string of the molecule is O=C(Nc1cccc(-c2csc(Nc3cccc(Cl)c3)n2)c1)C1CCCC1. The van der Waals surface area contributed by atoms with Gasteiger partial charge in [0.05, 0.1) is 5.69 Å². The van der Waals surface area contributed by atoms with Crippen molar-refractivity contribution in [3.8, 4) is 11.3 Å². The number of anilines is 3. The number of nitrogens with zero attached hydrogens (tertiary/aromatic N) is 1. The minimum atomic E-state index is 0.131. The Bertz CT molecular complexity index is 950. The lowest BCUT2D eigenvalue weighted by molar-refractivity contribution is -0.119. The molecule has 4 rings (SSSR count). The van der Waals surface area contributed by atoms with Crippen molar-refractivity contribution in [3.05, 3.63) is 58.9 Å². The van der Waals surface area contributed by atoms with Crippen molar-refractivity contribution in [2.45, 2.75) is 25.7 Å². The van der Waals surface area contributed by atoms with Crippen molar-refractivity contribution < 1.29 is 4.79 Å². The Labute approximate surface area is 167 Å². The average Bonchev–Trinajstić information content (AvgIpc) is 3.34. The Kier molecular flexibility index (Phi) is 5.41. The molecule has 6 heteroatoms. The summed E-state index contributed by atoms with van der Waals surface area (Å²) in [5.74, 6) is 0.285. The minimum absolute atomic E-state index is 0.131. The topological polar surface area (TPSA) is 54.0 Å². The molecule has 0 atom stereocenters. The number of thiazole rings is 1. The smallest absolute Gasteiger partial charge is 0.227 e. The molecule has 0 unspecified atom stereocenters. The maximum absolute atomic E-state index is 12.4. The van der Waals surface area contributed by atoms with Gasteiger partial charge in [0, 0.05) is 33.3 Å². The molecule has 0 bridgehead atoms. The molecule has 0 saturated heterocycles. The van der Waals surface area contributed by atoms with Gasteiger partial charge in [-0.2, -0.15) is 0 Å². The summed E-state index contributed by atoms with van der Waals surface area (Å²) in [6.07, 6.45) is 4.30. The summed E-state index contributed by atoms with van der Waals surface area (Å²) in [6, 6.07) is 15.4. The quantitative estimate of drug-likeness (QED) is 0.528. The van der Waals surface area contributed by atoms with E-state index in [-0.39, 0.29) is 11.8 Å². The lowest BCUT2D eigenvalue weighted by Gasteiger charge is -2.11. The van der Waals surface area contributed by atoms with E-state index in [9.17, 15) is 4.79 Å². The number of carbonyl (C=O) groups is 1. The molecule has 1 aromatic heterocycles. The van der Waals surface area contributed by atoms with E-state index < -0.39 is 0 Å². The predicted molar refractivity (Wildman–Crippen MR) is 113 cm³/mol. The monoisotopic (exact) mass is 397 g/mol. The van der Waals surface area contributed by atoms with Crippen molar-refractivity contribution in [3.63, 3.8) is 0 Å². The lowest BCUT2D eigenvalue weighted by Crippen LogP contribution is -2.20.